The van der Waals surface area contributed by atoms with Crippen LogP contribution in [0.2, 0.25) is 0 Å². The molecule has 0 radical (unpaired) electrons. The van der Waals surface area contributed by atoms with E-state index in [1.807, 2.05) is 0 Å². The van der Waals surface area contributed by atoms with Crippen LogP contribution in [-0.2, 0) is 18.9 Å². The number of rotatable bonds is 8. The number of esters is 2. The van der Waals surface area contributed by atoms with Gasteiger partial charge in [-0.05, 0) is 6.07 Å². The van der Waals surface area contributed by atoms with E-state index in [1.54, 1.807) is 0 Å². The summed E-state index contributed by atoms with van der Waals surface area (Å²) >= 11 is 0. The molecule has 0 atom stereocenters. The summed E-state index contributed by atoms with van der Waals surface area (Å²) in [5, 5.41) is 0. The normalized spacial score (nSPS) is 10.0. The second-order valence-corrected chi connectivity index (χ2v) is 3.93. The molecule has 0 bridgehead atoms. The molecule has 0 aliphatic rings. The van der Waals surface area contributed by atoms with Gasteiger partial charge in [0.15, 0.2) is 13.6 Å². The van der Waals surface area contributed by atoms with Crippen LogP contribution in [-0.4, -0.2) is 54.0 Å². The Morgan fingerprint density at radius 1 is 0.773 bits per heavy atom. The first kappa shape index (κ1) is 17.7. The molecular formula is C14H18O8. The first-order valence-corrected chi connectivity index (χ1v) is 6.17. The molecule has 0 aliphatic heterocycles. The predicted octanol–water partition coefficient (Wildman–Crippen LogP) is 1.23. The molecule has 0 N–H and O–H groups in total. The van der Waals surface area contributed by atoms with Gasteiger partial charge in [0.25, 0.3) is 0 Å². The third-order valence-corrected chi connectivity index (χ3v) is 2.56. The largest absolute Gasteiger partial charge is 0.467 e. The second-order valence-electron chi connectivity index (χ2n) is 3.93. The summed E-state index contributed by atoms with van der Waals surface area (Å²) in [6, 6.07) is 2.64. The summed E-state index contributed by atoms with van der Waals surface area (Å²) in [5.41, 5.74) is 0.0921. The average Bonchev–Trinajstić information content (AvgIpc) is 2.56. The van der Waals surface area contributed by atoms with Crippen molar-refractivity contribution < 1.29 is 38.0 Å². The van der Waals surface area contributed by atoms with Crippen molar-refractivity contribution in [2.45, 2.75) is 0 Å². The van der Waals surface area contributed by atoms with E-state index >= 15 is 0 Å². The Morgan fingerprint density at radius 2 is 1.18 bits per heavy atom. The lowest BCUT2D eigenvalue weighted by Crippen LogP contribution is -2.13. The molecule has 1 rings (SSSR count). The lowest BCUT2D eigenvalue weighted by Gasteiger charge is -2.15. The maximum atomic E-state index is 11.8. The first-order valence-electron chi connectivity index (χ1n) is 6.17. The molecule has 0 aliphatic carbocycles. The quantitative estimate of drug-likeness (QED) is 0.523. The van der Waals surface area contributed by atoms with E-state index in [2.05, 4.69) is 9.47 Å². The van der Waals surface area contributed by atoms with Crippen LogP contribution in [0.1, 0.15) is 20.7 Å². The van der Waals surface area contributed by atoms with E-state index in [9.17, 15) is 9.59 Å². The van der Waals surface area contributed by atoms with Crippen molar-refractivity contribution >= 4 is 11.9 Å². The van der Waals surface area contributed by atoms with E-state index in [0.717, 1.165) is 0 Å². The number of hydrogen-bond acceptors (Lipinski definition) is 8. The summed E-state index contributed by atoms with van der Waals surface area (Å²) in [5.74, 6) is -1.05. The Labute approximate surface area is 127 Å². The Kier molecular flexibility index (Phi) is 7.14. The molecule has 0 amide bonds. The van der Waals surface area contributed by atoms with Crippen LogP contribution in [0.3, 0.4) is 0 Å². The third-order valence-electron chi connectivity index (χ3n) is 2.56. The number of carbonyl (C=O) groups is 2. The van der Waals surface area contributed by atoms with Crippen molar-refractivity contribution in [1.29, 1.82) is 0 Å². The minimum absolute atomic E-state index is 0.0460. The van der Waals surface area contributed by atoms with E-state index in [0.29, 0.717) is 0 Å². The molecule has 0 aromatic heterocycles. The van der Waals surface area contributed by atoms with Crippen LogP contribution in [0.25, 0.3) is 0 Å². The predicted molar refractivity (Wildman–Crippen MR) is 74.1 cm³/mol. The maximum Gasteiger partial charge on any atom is 0.341 e. The fourth-order valence-electron chi connectivity index (χ4n) is 1.58. The highest BCUT2D eigenvalue weighted by Crippen LogP contribution is 2.30. The van der Waals surface area contributed by atoms with Crippen LogP contribution in [0.4, 0.5) is 0 Å². The number of methoxy groups -OCH3 is 4. The van der Waals surface area contributed by atoms with Crippen LogP contribution >= 0.6 is 0 Å². The minimum atomic E-state index is -0.672. The zero-order chi connectivity index (χ0) is 16.5. The Hall–Kier alpha value is -2.32. The molecule has 8 heteroatoms. The highest BCUT2D eigenvalue weighted by Gasteiger charge is 2.22. The molecule has 22 heavy (non-hydrogen) atoms. The molecule has 0 unspecified atom stereocenters. The van der Waals surface area contributed by atoms with Gasteiger partial charge in [-0.25, -0.2) is 9.59 Å². The van der Waals surface area contributed by atoms with Crippen molar-refractivity contribution in [2.75, 3.05) is 42.0 Å². The van der Waals surface area contributed by atoms with Gasteiger partial charge in [0, 0.05) is 20.3 Å². The summed E-state index contributed by atoms with van der Waals surface area (Å²) in [7, 11) is 5.30. The van der Waals surface area contributed by atoms with Gasteiger partial charge in [0.2, 0.25) is 0 Å². The van der Waals surface area contributed by atoms with E-state index in [4.69, 9.17) is 18.9 Å². The fraction of sp³-hybridized carbons (Fsp3) is 0.429. The van der Waals surface area contributed by atoms with Gasteiger partial charge in [-0.1, -0.05) is 0 Å². The lowest BCUT2D eigenvalue weighted by molar-refractivity contribution is 0.0418. The average molecular weight is 314 g/mol. The topological polar surface area (TPSA) is 89.5 Å². The zero-order valence-electron chi connectivity index (χ0n) is 12.8. The number of carbonyl (C=O) groups excluding carboxylic acids is 2. The fourth-order valence-corrected chi connectivity index (χ4v) is 1.58. The second kappa shape index (κ2) is 8.85. The first-order chi connectivity index (χ1) is 10.6. The molecule has 1 aromatic carbocycles. The number of ether oxygens (including phenoxy) is 6. The number of hydrogen-bond donors (Lipinski definition) is 0. The van der Waals surface area contributed by atoms with Gasteiger partial charge in [0.1, 0.15) is 22.6 Å². The van der Waals surface area contributed by atoms with Gasteiger partial charge in [-0.3, -0.25) is 0 Å². The maximum absolute atomic E-state index is 11.8. The van der Waals surface area contributed by atoms with Crippen LogP contribution in [0.5, 0.6) is 11.5 Å². The highest BCUT2D eigenvalue weighted by atomic mass is 16.7. The summed E-state index contributed by atoms with van der Waals surface area (Å²) in [4.78, 5) is 23.7. The van der Waals surface area contributed by atoms with Gasteiger partial charge < -0.3 is 28.4 Å². The highest BCUT2D eigenvalue weighted by molar-refractivity contribution is 5.99. The standard InChI is InChI=1S/C14H18O8/c1-17-7-21-11-6-12(22-8-18-2)10(14(16)20-4)5-9(11)13(15)19-3/h5-6H,7-8H2,1-4H3. The molecule has 1 aromatic rings. The summed E-state index contributed by atoms with van der Waals surface area (Å²) < 4.78 is 29.5. The van der Waals surface area contributed by atoms with Gasteiger partial charge >= 0.3 is 11.9 Å². The Bertz CT molecular complexity index is 483. The van der Waals surface area contributed by atoms with Gasteiger partial charge in [-0.2, -0.15) is 0 Å². The number of benzene rings is 1. The SMILES string of the molecule is COCOc1cc(OCOC)c(C(=O)OC)cc1C(=O)OC. The molecule has 0 fully saturated rings. The molecule has 0 saturated heterocycles. The van der Waals surface area contributed by atoms with E-state index in [-0.39, 0.29) is 36.2 Å². The Morgan fingerprint density at radius 3 is 1.50 bits per heavy atom. The lowest BCUT2D eigenvalue weighted by atomic mass is 10.1. The van der Waals surface area contributed by atoms with Crippen LogP contribution in [0.15, 0.2) is 12.1 Å². The monoisotopic (exact) mass is 314 g/mol. The summed E-state index contributed by atoms with van der Waals surface area (Å²) in [6.07, 6.45) is 0. The smallest absolute Gasteiger partial charge is 0.341 e. The molecular weight excluding hydrogens is 296 g/mol. The van der Waals surface area contributed by atoms with Crippen molar-refractivity contribution in [3.05, 3.63) is 23.3 Å². The van der Waals surface area contributed by atoms with Crippen LogP contribution < -0.4 is 9.47 Å². The molecule has 122 valence electrons. The molecule has 0 saturated carbocycles. The summed E-state index contributed by atoms with van der Waals surface area (Å²) in [6.45, 7) is -0.184. The zero-order valence-corrected chi connectivity index (χ0v) is 12.8. The molecule has 0 heterocycles. The van der Waals surface area contributed by atoms with E-state index in [1.165, 1.54) is 40.6 Å². The Balaban J connectivity index is 3.34. The molecule has 8 nitrogen and oxygen atoms in total. The van der Waals surface area contributed by atoms with Gasteiger partial charge in [0.05, 0.1) is 14.2 Å². The van der Waals surface area contributed by atoms with Crippen LogP contribution in [0, 0.1) is 0 Å². The van der Waals surface area contributed by atoms with E-state index < -0.39 is 11.9 Å². The van der Waals surface area contributed by atoms with Gasteiger partial charge in [-0.15, -0.1) is 0 Å². The van der Waals surface area contributed by atoms with Crippen molar-refractivity contribution in [3.63, 3.8) is 0 Å². The van der Waals surface area contributed by atoms with Crippen molar-refractivity contribution in [1.82, 2.24) is 0 Å². The molecule has 0 spiro atoms. The van der Waals surface area contributed by atoms with Crippen molar-refractivity contribution in [3.8, 4) is 11.5 Å². The van der Waals surface area contributed by atoms with Crippen molar-refractivity contribution in [2.24, 2.45) is 0 Å². The third kappa shape index (κ3) is 4.34. The minimum Gasteiger partial charge on any atom is -0.467 e.